The predicted molar refractivity (Wildman–Crippen MR) is 124 cm³/mol. The predicted octanol–water partition coefficient (Wildman–Crippen LogP) is 1.31. The number of fused-ring (bicyclic) bond motifs is 2. The van der Waals surface area contributed by atoms with Crippen molar-refractivity contribution in [3.63, 3.8) is 0 Å². The maximum Gasteiger partial charge on any atom is 0.325 e. The number of anilines is 1. The number of benzene rings is 2. The molecule has 4 rings (SSSR count). The zero-order valence-corrected chi connectivity index (χ0v) is 19.4. The van der Waals surface area contributed by atoms with Crippen molar-refractivity contribution in [1.82, 2.24) is 4.57 Å². The molecule has 0 unspecified atom stereocenters. The number of carbonyl (C=O) groups excluding carboxylic acids is 3. The van der Waals surface area contributed by atoms with Gasteiger partial charge in [0.1, 0.15) is 18.1 Å². The van der Waals surface area contributed by atoms with E-state index in [9.17, 15) is 22.8 Å². The minimum Gasteiger partial charge on any atom is -0.468 e. The van der Waals surface area contributed by atoms with Crippen LogP contribution in [0.15, 0.2) is 53.5 Å². The van der Waals surface area contributed by atoms with E-state index >= 15 is 0 Å². The third-order valence-corrected chi connectivity index (χ3v) is 7.63. The lowest BCUT2D eigenvalue weighted by Gasteiger charge is -2.17. The van der Waals surface area contributed by atoms with Gasteiger partial charge in [-0.1, -0.05) is 41.7 Å². The van der Waals surface area contributed by atoms with Crippen molar-refractivity contribution in [2.24, 2.45) is 4.99 Å². The number of carbonyl (C=O) groups is 3. The van der Waals surface area contributed by atoms with Gasteiger partial charge in [-0.15, -0.1) is 0 Å². The Morgan fingerprint density at radius 1 is 1.06 bits per heavy atom. The van der Waals surface area contributed by atoms with Crippen LogP contribution in [-0.4, -0.2) is 55.9 Å². The number of hydrogen-bond donors (Lipinski definition) is 0. The van der Waals surface area contributed by atoms with Gasteiger partial charge in [0, 0.05) is 12.2 Å². The lowest BCUT2D eigenvalue weighted by Crippen LogP contribution is -2.36. The van der Waals surface area contributed by atoms with Crippen LogP contribution in [0.2, 0.25) is 0 Å². The van der Waals surface area contributed by atoms with E-state index in [-0.39, 0.29) is 11.3 Å². The second-order valence-corrected chi connectivity index (χ2v) is 10.6. The number of hydrogen-bond acceptors (Lipinski definition) is 7. The van der Waals surface area contributed by atoms with Crippen LogP contribution in [0.4, 0.5) is 5.69 Å². The van der Waals surface area contributed by atoms with Crippen LogP contribution >= 0.6 is 11.3 Å². The number of thiazole rings is 1. The number of nitrogens with zero attached hydrogens (tertiary/aromatic N) is 3. The van der Waals surface area contributed by atoms with Crippen LogP contribution < -0.4 is 9.70 Å². The molecule has 0 N–H and O–H groups in total. The van der Waals surface area contributed by atoms with Crippen LogP contribution in [-0.2, 0) is 41.9 Å². The van der Waals surface area contributed by atoms with Gasteiger partial charge in [-0.25, -0.2) is 8.42 Å². The zero-order valence-electron chi connectivity index (χ0n) is 17.8. The fraction of sp³-hybridized carbons (Fsp3) is 0.273. The minimum absolute atomic E-state index is 0.174. The maximum absolute atomic E-state index is 12.6. The van der Waals surface area contributed by atoms with Gasteiger partial charge < -0.3 is 14.2 Å². The van der Waals surface area contributed by atoms with E-state index in [1.54, 1.807) is 36.4 Å². The van der Waals surface area contributed by atoms with Crippen molar-refractivity contribution in [3.8, 4) is 0 Å². The highest BCUT2D eigenvalue weighted by molar-refractivity contribution is 7.92. The van der Waals surface area contributed by atoms with E-state index in [4.69, 9.17) is 4.74 Å². The Labute approximate surface area is 193 Å². The van der Waals surface area contributed by atoms with Crippen molar-refractivity contribution in [2.75, 3.05) is 30.1 Å². The quantitative estimate of drug-likeness (QED) is 0.484. The average molecular weight is 488 g/mol. The standard InChI is InChI=1S/C22H21N3O6S2/c1-31-21(28)12-25-17-8-4-5-9-18(17)32-22(25)23-19(26)13-33(29,30)14-20(27)24-11-10-15-6-2-3-7-16(15)24/h2-9H,10-14H2,1H3. The third-order valence-electron chi connectivity index (χ3n) is 5.20. The second-order valence-electron chi connectivity index (χ2n) is 7.48. The molecule has 33 heavy (non-hydrogen) atoms. The van der Waals surface area contributed by atoms with Crippen LogP contribution in [0.5, 0.6) is 0 Å². The molecule has 0 fully saturated rings. The van der Waals surface area contributed by atoms with Crippen molar-refractivity contribution >= 4 is 54.9 Å². The maximum atomic E-state index is 12.6. The van der Waals surface area contributed by atoms with Gasteiger partial charge in [-0.2, -0.15) is 4.99 Å². The van der Waals surface area contributed by atoms with Crippen LogP contribution in [0.25, 0.3) is 10.2 Å². The Bertz CT molecular complexity index is 1420. The van der Waals surface area contributed by atoms with E-state index in [0.717, 1.165) is 21.6 Å². The van der Waals surface area contributed by atoms with E-state index in [0.29, 0.717) is 24.2 Å². The molecule has 2 aromatic carbocycles. The molecule has 1 aliphatic heterocycles. The summed E-state index contributed by atoms with van der Waals surface area (Å²) >= 11 is 1.15. The highest BCUT2D eigenvalue weighted by Crippen LogP contribution is 2.27. The molecule has 11 heteroatoms. The molecule has 0 radical (unpaired) electrons. The Balaban J connectivity index is 1.53. The number of esters is 1. The fourth-order valence-corrected chi connectivity index (χ4v) is 5.82. The van der Waals surface area contributed by atoms with Gasteiger partial charge >= 0.3 is 5.97 Å². The number of methoxy groups -OCH3 is 1. The van der Waals surface area contributed by atoms with Gasteiger partial charge in [0.2, 0.25) is 5.91 Å². The van der Waals surface area contributed by atoms with Crippen LogP contribution in [0, 0.1) is 0 Å². The Morgan fingerprint density at radius 3 is 2.58 bits per heavy atom. The Hall–Kier alpha value is -3.31. The first-order valence-electron chi connectivity index (χ1n) is 10.1. The summed E-state index contributed by atoms with van der Waals surface area (Å²) in [6.45, 7) is 0.230. The molecular formula is C22H21N3O6S2. The SMILES string of the molecule is COC(=O)Cn1c(=NC(=O)CS(=O)(=O)CC(=O)N2CCc3ccccc32)sc2ccccc21. The van der Waals surface area contributed by atoms with E-state index in [2.05, 4.69) is 4.99 Å². The first kappa shape index (κ1) is 22.9. The number of rotatable bonds is 6. The van der Waals surface area contributed by atoms with Crippen molar-refractivity contribution < 1.29 is 27.5 Å². The van der Waals surface area contributed by atoms with Crippen molar-refractivity contribution in [2.45, 2.75) is 13.0 Å². The summed E-state index contributed by atoms with van der Waals surface area (Å²) < 4.78 is 32.2. The molecule has 9 nitrogen and oxygen atoms in total. The molecule has 1 aromatic heterocycles. The highest BCUT2D eigenvalue weighted by Gasteiger charge is 2.29. The van der Waals surface area contributed by atoms with E-state index in [1.807, 2.05) is 12.1 Å². The van der Waals surface area contributed by atoms with Gasteiger partial charge in [0.25, 0.3) is 5.91 Å². The van der Waals surface area contributed by atoms with Gasteiger partial charge in [-0.05, 0) is 30.2 Å². The molecule has 0 aliphatic carbocycles. The molecule has 0 spiro atoms. The number of amides is 2. The fourth-order valence-electron chi connectivity index (χ4n) is 3.69. The molecule has 0 bridgehead atoms. The van der Waals surface area contributed by atoms with Gasteiger partial charge in [-0.3, -0.25) is 14.4 Å². The molecule has 0 atom stereocenters. The summed E-state index contributed by atoms with van der Waals surface area (Å²) in [6.07, 6.45) is 0.655. The van der Waals surface area contributed by atoms with Gasteiger partial charge in [0.15, 0.2) is 14.6 Å². The highest BCUT2D eigenvalue weighted by atomic mass is 32.2. The Kier molecular flexibility index (Phi) is 6.43. The first-order valence-corrected chi connectivity index (χ1v) is 12.7. The molecule has 172 valence electrons. The van der Waals surface area contributed by atoms with Crippen LogP contribution in [0.1, 0.15) is 5.56 Å². The molecule has 0 saturated heterocycles. The average Bonchev–Trinajstić information content (AvgIpc) is 3.34. The smallest absolute Gasteiger partial charge is 0.325 e. The topological polar surface area (TPSA) is 115 Å². The number of para-hydroxylation sites is 2. The molecular weight excluding hydrogens is 466 g/mol. The summed E-state index contributed by atoms with van der Waals surface area (Å²) in [6, 6.07) is 14.5. The van der Waals surface area contributed by atoms with Gasteiger partial charge in [0.05, 0.1) is 17.3 Å². The summed E-state index contributed by atoms with van der Waals surface area (Å²) in [4.78, 5) is 42.5. The second kappa shape index (κ2) is 9.28. The number of sulfone groups is 1. The number of ether oxygens (including phenoxy) is 1. The Morgan fingerprint density at radius 2 is 1.79 bits per heavy atom. The molecule has 0 saturated carbocycles. The molecule has 2 amide bonds. The molecule has 3 aromatic rings. The first-order chi connectivity index (χ1) is 15.8. The zero-order chi connectivity index (χ0) is 23.6. The normalized spacial score (nSPS) is 13.8. The lowest BCUT2D eigenvalue weighted by atomic mass is 10.2. The molecule has 1 aliphatic rings. The van der Waals surface area contributed by atoms with E-state index < -0.39 is 39.1 Å². The third kappa shape index (κ3) is 5.04. The monoisotopic (exact) mass is 487 g/mol. The van der Waals surface area contributed by atoms with E-state index in [1.165, 1.54) is 16.6 Å². The summed E-state index contributed by atoms with van der Waals surface area (Å²) in [5, 5.41) is 0. The summed E-state index contributed by atoms with van der Waals surface area (Å²) in [5.41, 5.74) is 2.35. The summed E-state index contributed by atoms with van der Waals surface area (Å²) in [5.74, 6) is -3.69. The molecule has 2 heterocycles. The lowest BCUT2D eigenvalue weighted by molar-refractivity contribution is -0.141. The largest absolute Gasteiger partial charge is 0.468 e. The minimum atomic E-state index is -4.04. The van der Waals surface area contributed by atoms with Crippen molar-refractivity contribution in [1.29, 1.82) is 0 Å². The van der Waals surface area contributed by atoms with Crippen LogP contribution in [0.3, 0.4) is 0 Å². The summed E-state index contributed by atoms with van der Waals surface area (Å²) in [7, 11) is -2.79. The van der Waals surface area contributed by atoms with Crippen molar-refractivity contribution in [3.05, 3.63) is 58.9 Å². The number of aromatic nitrogens is 1.